The van der Waals surface area contributed by atoms with Crippen molar-refractivity contribution in [3.63, 3.8) is 0 Å². The van der Waals surface area contributed by atoms with E-state index in [1.807, 2.05) is 43.4 Å². The lowest BCUT2D eigenvalue weighted by atomic mass is 10.0. The molecule has 1 aromatic heterocycles. The monoisotopic (exact) mass is 377 g/mol. The predicted molar refractivity (Wildman–Crippen MR) is 107 cm³/mol. The zero-order chi connectivity index (χ0) is 19.5. The average molecular weight is 377 g/mol. The number of carbonyl (C=O) groups excluding carboxylic acids is 2. The van der Waals surface area contributed by atoms with Crippen LogP contribution in [0.1, 0.15) is 51.0 Å². The largest absolute Gasteiger partial charge is 0.348 e. The highest BCUT2D eigenvalue weighted by Crippen LogP contribution is 2.23. The Balaban J connectivity index is 1.62. The van der Waals surface area contributed by atoms with Gasteiger partial charge >= 0.3 is 0 Å². The molecule has 1 aliphatic heterocycles. The van der Waals surface area contributed by atoms with Crippen molar-refractivity contribution in [3.05, 3.63) is 65.0 Å². The molecule has 7 heteroatoms. The first-order chi connectivity index (χ1) is 13.7. The molecule has 3 aromatic rings. The Bertz CT molecular complexity index is 994. The Labute approximate surface area is 162 Å². The molecule has 144 valence electrons. The third-order valence-electron chi connectivity index (χ3n) is 5.02. The van der Waals surface area contributed by atoms with E-state index in [0.29, 0.717) is 17.7 Å². The zero-order valence-electron chi connectivity index (χ0n) is 15.7. The van der Waals surface area contributed by atoms with E-state index in [1.54, 1.807) is 6.07 Å². The summed E-state index contributed by atoms with van der Waals surface area (Å²) >= 11 is 0. The van der Waals surface area contributed by atoms with Crippen LogP contribution in [0, 0.1) is 0 Å². The molecule has 0 aliphatic carbocycles. The number of para-hydroxylation sites is 2. The van der Waals surface area contributed by atoms with E-state index in [2.05, 4.69) is 25.9 Å². The maximum absolute atomic E-state index is 13.0. The number of amides is 2. The lowest BCUT2D eigenvalue weighted by molar-refractivity contribution is 0.0912. The van der Waals surface area contributed by atoms with Gasteiger partial charge in [-0.25, -0.2) is 4.98 Å². The molecular formula is C21H23N5O2. The number of benzene rings is 2. The fourth-order valence-electron chi connectivity index (χ4n) is 3.60. The molecule has 2 aromatic carbocycles. The number of aromatic nitrogens is 2. The van der Waals surface area contributed by atoms with Crippen molar-refractivity contribution in [3.8, 4) is 0 Å². The van der Waals surface area contributed by atoms with Gasteiger partial charge in [0.2, 0.25) is 0 Å². The van der Waals surface area contributed by atoms with Gasteiger partial charge in [0.1, 0.15) is 5.82 Å². The van der Waals surface area contributed by atoms with Gasteiger partial charge in [0.05, 0.1) is 28.2 Å². The van der Waals surface area contributed by atoms with Crippen molar-refractivity contribution in [1.82, 2.24) is 25.9 Å². The van der Waals surface area contributed by atoms with E-state index in [4.69, 9.17) is 0 Å². The molecule has 2 amide bonds. The molecule has 0 saturated heterocycles. The Morgan fingerprint density at radius 2 is 2.07 bits per heavy atom. The molecule has 28 heavy (non-hydrogen) atoms. The molecule has 0 bridgehead atoms. The van der Waals surface area contributed by atoms with E-state index < -0.39 is 0 Å². The minimum atomic E-state index is -0.270. The van der Waals surface area contributed by atoms with E-state index in [9.17, 15) is 9.59 Å². The second kappa shape index (κ2) is 7.82. The first kappa shape index (κ1) is 18.2. The number of H-pyrrole nitrogens is 1. The Hall–Kier alpha value is -3.19. The maximum atomic E-state index is 13.0. The molecule has 4 rings (SSSR count). The van der Waals surface area contributed by atoms with Gasteiger partial charge < -0.3 is 20.9 Å². The van der Waals surface area contributed by atoms with Crippen molar-refractivity contribution in [1.29, 1.82) is 0 Å². The molecule has 1 atom stereocenters. The van der Waals surface area contributed by atoms with Gasteiger partial charge in [-0.2, -0.15) is 0 Å². The van der Waals surface area contributed by atoms with Crippen LogP contribution in [0.25, 0.3) is 11.0 Å². The quantitative estimate of drug-likeness (QED) is 0.475. The topological polar surface area (TPSA) is 98.9 Å². The fourth-order valence-corrected chi connectivity index (χ4v) is 3.60. The number of nitrogens with zero attached hydrogens (tertiary/aromatic N) is 1. The SMILES string of the molecule is CNCCCC(NC(=O)c1cccc2c1C(=O)NC2)c1nc2ccccc2[nH]1. The fraction of sp³-hybridized carbons (Fsp3) is 0.286. The van der Waals surface area contributed by atoms with Crippen LogP contribution in [0.5, 0.6) is 0 Å². The second-order valence-electron chi connectivity index (χ2n) is 6.93. The van der Waals surface area contributed by atoms with Crippen LogP contribution >= 0.6 is 0 Å². The summed E-state index contributed by atoms with van der Waals surface area (Å²) in [6.45, 7) is 1.31. The molecule has 0 fully saturated rings. The average Bonchev–Trinajstić information content (AvgIpc) is 3.31. The third-order valence-corrected chi connectivity index (χ3v) is 5.02. The van der Waals surface area contributed by atoms with E-state index in [-0.39, 0.29) is 17.9 Å². The highest BCUT2D eigenvalue weighted by atomic mass is 16.2. The molecule has 0 spiro atoms. The number of hydrogen-bond donors (Lipinski definition) is 4. The summed E-state index contributed by atoms with van der Waals surface area (Å²) in [5, 5.41) is 8.99. The van der Waals surface area contributed by atoms with Gasteiger partial charge in [0.25, 0.3) is 11.8 Å². The zero-order valence-corrected chi connectivity index (χ0v) is 15.7. The van der Waals surface area contributed by atoms with Gasteiger partial charge in [0.15, 0.2) is 0 Å². The number of carbonyl (C=O) groups is 2. The van der Waals surface area contributed by atoms with Crippen molar-refractivity contribution in [2.75, 3.05) is 13.6 Å². The highest BCUT2D eigenvalue weighted by molar-refractivity contribution is 6.09. The Morgan fingerprint density at radius 1 is 1.21 bits per heavy atom. The van der Waals surface area contributed by atoms with Crippen molar-refractivity contribution in [2.24, 2.45) is 0 Å². The Kier molecular flexibility index (Phi) is 5.08. The minimum absolute atomic E-state index is 0.198. The van der Waals surface area contributed by atoms with Crippen molar-refractivity contribution in [2.45, 2.75) is 25.4 Å². The summed E-state index contributed by atoms with van der Waals surface area (Å²) in [4.78, 5) is 33.2. The second-order valence-corrected chi connectivity index (χ2v) is 6.93. The standard InChI is InChI=1S/C21H23N5O2/c1-22-11-5-10-17(19-24-15-8-2-3-9-16(15)25-19)26-20(27)14-7-4-6-13-12-23-21(28)18(13)14/h2-4,6-9,17,22H,5,10-12H2,1H3,(H,23,28)(H,24,25)(H,26,27). The normalized spacial score (nSPS) is 14.0. The van der Waals surface area contributed by atoms with Gasteiger partial charge in [-0.15, -0.1) is 0 Å². The molecule has 4 N–H and O–H groups in total. The van der Waals surface area contributed by atoms with Crippen molar-refractivity contribution >= 4 is 22.8 Å². The van der Waals surface area contributed by atoms with Gasteiger partial charge in [-0.05, 0) is 50.2 Å². The molecule has 0 radical (unpaired) electrons. The molecule has 1 unspecified atom stereocenters. The number of fused-ring (bicyclic) bond motifs is 2. The lowest BCUT2D eigenvalue weighted by Gasteiger charge is -2.17. The van der Waals surface area contributed by atoms with Gasteiger partial charge in [-0.1, -0.05) is 24.3 Å². The summed E-state index contributed by atoms with van der Waals surface area (Å²) < 4.78 is 0. The van der Waals surface area contributed by atoms with E-state index in [1.165, 1.54) is 0 Å². The molecule has 0 saturated carbocycles. The number of rotatable bonds is 7. The first-order valence-corrected chi connectivity index (χ1v) is 9.47. The minimum Gasteiger partial charge on any atom is -0.348 e. The molecule has 2 heterocycles. The number of nitrogens with one attached hydrogen (secondary N) is 4. The lowest BCUT2D eigenvalue weighted by Crippen LogP contribution is -2.31. The number of aromatic amines is 1. The molecule has 7 nitrogen and oxygen atoms in total. The van der Waals surface area contributed by atoms with Crippen LogP contribution in [0.4, 0.5) is 0 Å². The van der Waals surface area contributed by atoms with Crippen LogP contribution in [-0.4, -0.2) is 35.4 Å². The van der Waals surface area contributed by atoms with Gasteiger partial charge in [0, 0.05) is 6.54 Å². The van der Waals surface area contributed by atoms with Crippen molar-refractivity contribution < 1.29 is 9.59 Å². The molecule has 1 aliphatic rings. The van der Waals surface area contributed by atoms with Crippen LogP contribution in [-0.2, 0) is 6.54 Å². The van der Waals surface area contributed by atoms with E-state index in [0.717, 1.165) is 41.8 Å². The number of hydrogen-bond acceptors (Lipinski definition) is 4. The third kappa shape index (κ3) is 3.48. The summed E-state index contributed by atoms with van der Waals surface area (Å²) in [5.74, 6) is 0.266. The summed E-state index contributed by atoms with van der Waals surface area (Å²) in [6, 6.07) is 12.9. The smallest absolute Gasteiger partial charge is 0.252 e. The number of imidazole rings is 1. The highest BCUT2D eigenvalue weighted by Gasteiger charge is 2.27. The molecular weight excluding hydrogens is 354 g/mol. The summed E-state index contributed by atoms with van der Waals surface area (Å²) in [5.41, 5.74) is 3.53. The summed E-state index contributed by atoms with van der Waals surface area (Å²) in [6.07, 6.45) is 1.61. The summed E-state index contributed by atoms with van der Waals surface area (Å²) in [7, 11) is 1.90. The predicted octanol–water partition coefficient (Wildman–Crippen LogP) is 2.28. The van der Waals surface area contributed by atoms with Gasteiger partial charge in [-0.3, -0.25) is 9.59 Å². The Morgan fingerprint density at radius 3 is 2.89 bits per heavy atom. The maximum Gasteiger partial charge on any atom is 0.252 e. The van der Waals surface area contributed by atoms with Crippen LogP contribution < -0.4 is 16.0 Å². The van der Waals surface area contributed by atoms with Crippen LogP contribution in [0.2, 0.25) is 0 Å². The van der Waals surface area contributed by atoms with Crippen LogP contribution in [0.15, 0.2) is 42.5 Å². The van der Waals surface area contributed by atoms with Crippen LogP contribution in [0.3, 0.4) is 0 Å². The first-order valence-electron chi connectivity index (χ1n) is 9.47. The van der Waals surface area contributed by atoms with E-state index >= 15 is 0 Å².